The van der Waals surface area contributed by atoms with Crippen LogP contribution in [0.1, 0.15) is 20.8 Å². The summed E-state index contributed by atoms with van der Waals surface area (Å²) in [7, 11) is 0. The monoisotopic (exact) mass is 222 g/mol. The van der Waals surface area contributed by atoms with Crippen molar-refractivity contribution < 1.29 is 4.39 Å². The van der Waals surface area contributed by atoms with Crippen LogP contribution in [0.5, 0.6) is 0 Å². The zero-order chi connectivity index (χ0) is 11.7. The Morgan fingerprint density at radius 1 is 1.31 bits per heavy atom. The zero-order valence-electron chi connectivity index (χ0n) is 9.61. The maximum atomic E-state index is 12.9. The van der Waals surface area contributed by atoms with Crippen LogP contribution >= 0.6 is 0 Å². The molecule has 0 radical (unpaired) electrons. The molecule has 0 saturated heterocycles. The number of hydrogen-bond acceptors (Lipinski definition) is 3. The molecule has 86 valence electrons. The van der Waals surface area contributed by atoms with Crippen LogP contribution in [0.3, 0.4) is 0 Å². The van der Waals surface area contributed by atoms with Crippen LogP contribution < -0.4 is 5.32 Å². The lowest BCUT2D eigenvalue weighted by Gasteiger charge is -2.15. The molecule has 2 heterocycles. The summed E-state index contributed by atoms with van der Waals surface area (Å²) in [5, 5.41) is 7.34. The Kier molecular flexibility index (Phi) is 2.77. The third kappa shape index (κ3) is 2.13. The molecule has 0 aliphatic rings. The van der Waals surface area contributed by atoms with Gasteiger partial charge < -0.3 is 5.32 Å². The minimum atomic E-state index is -0.319. The van der Waals surface area contributed by atoms with Gasteiger partial charge in [0.2, 0.25) is 5.95 Å². The van der Waals surface area contributed by atoms with Crippen LogP contribution in [0.4, 0.5) is 10.3 Å². The number of nitrogens with zero attached hydrogens (tertiary/aromatic N) is 3. The van der Waals surface area contributed by atoms with Crippen molar-refractivity contribution in [2.45, 2.75) is 26.8 Å². The van der Waals surface area contributed by atoms with Gasteiger partial charge in [0, 0.05) is 6.04 Å². The molecule has 0 amide bonds. The molecule has 1 N–H and O–H groups in total. The molecule has 2 aromatic heterocycles. The molecule has 0 saturated carbocycles. The predicted molar refractivity (Wildman–Crippen MR) is 60.9 cm³/mol. The quantitative estimate of drug-likeness (QED) is 0.866. The average molecular weight is 222 g/mol. The molecule has 2 aromatic rings. The van der Waals surface area contributed by atoms with Crippen molar-refractivity contribution in [3.8, 4) is 0 Å². The van der Waals surface area contributed by atoms with Gasteiger partial charge in [-0.05, 0) is 25.0 Å². The second-order valence-electron chi connectivity index (χ2n) is 4.26. The Morgan fingerprint density at radius 3 is 2.75 bits per heavy atom. The Bertz CT molecular complexity index is 492. The van der Waals surface area contributed by atoms with E-state index < -0.39 is 0 Å². The zero-order valence-corrected chi connectivity index (χ0v) is 9.61. The Morgan fingerprint density at radius 2 is 2.06 bits per heavy atom. The number of pyridine rings is 1. The Hall–Kier alpha value is -1.65. The summed E-state index contributed by atoms with van der Waals surface area (Å²) < 4.78 is 14.4. The van der Waals surface area contributed by atoms with E-state index >= 15 is 0 Å². The fourth-order valence-electron chi connectivity index (χ4n) is 1.29. The minimum absolute atomic E-state index is 0.280. The molecular formula is C11H15FN4. The first-order valence-electron chi connectivity index (χ1n) is 5.35. The van der Waals surface area contributed by atoms with Crippen molar-refractivity contribution in [3.63, 3.8) is 0 Å². The van der Waals surface area contributed by atoms with E-state index in [0.717, 1.165) is 0 Å². The minimum Gasteiger partial charge on any atom is -0.350 e. The van der Waals surface area contributed by atoms with E-state index in [2.05, 4.69) is 36.2 Å². The average Bonchev–Trinajstić information content (AvgIpc) is 2.58. The maximum absolute atomic E-state index is 12.9. The van der Waals surface area contributed by atoms with E-state index in [1.807, 2.05) is 0 Å². The first kappa shape index (κ1) is 10.9. The third-order valence-electron chi connectivity index (χ3n) is 2.65. The normalized spacial score (nSPS) is 13.3. The van der Waals surface area contributed by atoms with Crippen LogP contribution in [0, 0.1) is 11.7 Å². The summed E-state index contributed by atoms with van der Waals surface area (Å²) >= 11 is 0. The molecule has 4 nitrogen and oxygen atoms in total. The van der Waals surface area contributed by atoms with E-state index in [1.54, 1.807) is 6.07 Å². The van der Waals surface area contributed by atoms with Gasteiger partial charge in [-0.1, -0.05) is 13.8 Å². The van der Waals surface area contributed by atoms with Gasteiger partial charge in [-0.25, -0.2) is 8.91 Å². The summed E-state index contributed by atoms with van der Waals surface area (Å²) in [5.41, 5.74) is 0.639. The second-order valence-corrected chi connectivity index (χ2v) is 4.26. The smallest absolute Gasteiger partial charge is 0.243 e. The molecule has 0 fully saturated rings. The number of hydrogen-bond donors (Lipinski definition) is 1. The van der Waals surface area contributed by atoms with E-state index in [9.17, 15) is 4.39 Å². The third-order valence-corrected chi connectivity index (χ3v) is 2.65. The predicted octanol–water partition coefficient (Wildman–Crippen LogP) is 2.32. The summed E-state index contributed by atoms with van der Waals surface area (Å²) in [6.07, 6.45) is 1.31. The van der Waals surface area contributed by atoms with Gasteiger partial charge in [-0.2, -0.15) is 4.98 Å². The topological polar surface area (TPSA) is 42.2 Å². The van der Waals surface area contributed by atoms with Crippen LogP contribution in [0.2, 0.25) is 0 Å². The molecule has 0 spiro atoms. The molecule has 1 atom stereocenters. The number of anilines is 1. The Labute approximate surface area is 93.5 Å². The lowest BCUT2D eigenvalue weighted by molar-refractivity contribution is 0.556. The lowest BCUT2D eigenvalue weighted by atomic mass is 10.1. The molecule has 0 aliphatic carbocycles. The van der Waals surface area contributed by atoms with Crippen LogP contribution in [-0.2, 0) is 0 Å². The number of rotatable bonds is 3. The number of nitrogens with one attached hydrogen (secondary N) is 1. The highest BCUT2D eigenvalue weighted by Crippen LogP contribution is 2.10. The van der Waals surface area contributed by atoms with Crippen molar-refractivity contribution in [1.29, 1.82) is 0 Å². The van der Waals surface area contributed by atoms with Crippen molar-refractivity contribution in [2.24, 2.45) is 5.92 Å². The summed E-state index contributed by atoms with van der Waals surface area (Å²) in [6, 6.07) is 3.26. The van der Waals surface area contributed by atoms with Gasteiger partial charge >= 0.3 is 0 Å². The van der Waals surface area contributed by atoms with Gasteiger partial charge in [0.15, 0.2) is 5.65 Å². The standard InChI is InChI=1S/C11H15FN4/c1-7(2)8(3)13-11-14-10-5-4-9(12)6-16(10)15-11/h4-8H,1-3H3,(H,13,15). The fraction of sp³-hybridized carbons (Fsp3) is 0.455. The number of aromatic nitrogens is 3. The first-order chi connectivity index (χ1) is 7.56. The Balaban J connectivity index is 2.26. The SMILES string of the molecule is CC(C)C(C)Nc1nc2ccc(F)cn2n1. The van der Waals surface area contributed by atoms with Gasteiger partial charge in [0.05, 0.1) is 6.20 Å². The van der Waals surface area contributed by atoms with E-state index in [1.165, 1.54) is 16.8 Å². The van der Waals surface area contributed by atoms with Gasteiger partial charge in [-0.3, -0.25) is 0 Å². The molecular weight excluding hydrogens is 207 g/mol. The van der Waals surface area contributed by atoms with Crippen molar-refractivity contribution >= 4 is 11.6 Å². The molecule has 16 heavy (non-hydrogen) atoms. The van der Waals surface area contributed by atoms with Crippen molar-refractivity contribution in [3.05, 3.63) is 24.1 Å². The highest BCUT2D eigenvalue weighted by atomic mass is 19.1. The molecule has 5 heteroatoms. The van der Waals surface area contributed by atoms with E-state index in [4.69, 9.17) is 0 Å². The first-order valence-corrected chi connectivity index (χ1v) is 5.35. The van der Waals surface area contributed by atoms with Crippen LogP contribution in [-0.4, -0.2) is 20.6 Å². The van der Waals surface area contributed by atoms with Crippen LogP contribution in [0.25, 0.3) is 5.65 Å². The van der Waals surface area contributed by atoms with Gasteiger partial charge in [-0.15, -0.1) is 5.10 Å². The summed E-state index contributed by atoms with van der Waals surface area (Å²) in [5.74, 6) is 0.705. The molecule has 0 bridgehead atoms. The fourth-order valence-corrected chi connectivity index (χ4v) is 1.29. The molecule has 2 rings (SSSR count). The lowest BCUT2D eigenvalue weighted by Crippen LogP contribution is -2.22. The largest absolute Gasteiger partial charge is 0.350 e. The molecule has 1 unspecified atom stereocenters. The van der Waals surface area contributed by atoms with Gasteiger partial charge in [0.1, 0.15) is 5.82 Å². The van der Waals surface area contributed by atoms with Crippen molar-refractivity contribution in [2.75, 3.05) is 5.32 Å². The highest BCUT2D eigenvalue weighted by Gasteiger charge is 2.10. The molecule has 0 aromatic carbocycles. The van der Waals surface area contributed by atoms with E-state index in [-0.39, 0.29) is 11.9 Å². The maximum Gasteiger partial charge on any atom is 0.243 e. The highest BCUT2D eigenvalue weighted by molar-refractivity contribution is 5.43. The van der Waals surface area contributed by atoms with Gasteiger partial charge in [0.25, 0.3) is 0 Å². The van der Waals surface area contributed by atoms with Crippen LogP contribution in [0.15, 0.2) is 18.3 Å². The number of fused-ring (bicyclic) bond motifs is 1. The van der Waals surface area contributed by atoms with E-state index in [0.29, 0.717) is 17.5 Å². The number of halogens is 1. The molecule has 0 aliphatic heterocycles. The van der Waals surface area contributed by atoms with Crippen molar-refractivity contribution in [1.82, 2.24) is 14.6 Å². The second kappa shape index (κ2) is 4.08. The summed E-state index contributed by atoms with van der Waals surface area (Å²) in [6.45, 7) is 6.30. The summed E-state index contributed by atoms with van der Waals surface area (Å²) in [4.78, 5) is 4.25.